The highest BCUT2D eigenvalue weighted by Gasteiger charge is 2.53. The molecule has 3 N–H and O–H groups in total. The van der Waals surface area contributed by atoms with E-state index >= 15 is 0 Å². The van der Waals surface area contributed by atoms with Gasteiger partial charge < -0.3 is 20.3 Å². The number of carbonyl (C=O) groups excluding carboxylic acids is 1. The number of carbonyl (C=O) groups is 1. The Morgan fingerprint density at radius 1 is 1.26 bits per heavy atom. The van der Waals surface area contributed by atoms with Crippen molar-refractivity contribution < 1.29 is 19.4 Å². The first-order valence-electron chi connectivity index (χ1n) is 9.84. The van der Waals surface area contributed by atoms with Crippen molar-refractivity contribution in [3.63, 3.8) is 0 Å². The van der Waals surface area contributed by atoms with E-state index in [1.165, 1.54) is 13.3 Å². The third kappa shape index (κ3) is 3.18. The number of hydrogen-bond acceptors (Lipinski definition) is 8. The zero-order chi connectivity index (χ0) is 21.8. The molecule has 0 bridgehead atoms. The predicted molar refractivity (Wildman–Crippen MR) is 113 cm³/mol. The number of fused-ring (bicyclic) bond motifs is 2. The Bertz CT molecular complexity index is 1320. The molecule has 5 rings (SSSR count). The lowest BCUT2D eigenvalue weighted by atomic mass is 9.96. The van der Waals surface area contributed by atoms with Crippen LogP contribution < -0.4 is 10.5 Å². The van der Waals surface area contributed by atoms with Crippen LogP contribution in [-0.2, 0) is 9.53 Å². The Morgan fingerprint density at radius 3 is 2.90 bits per heavy atom. The van der Waals surface area contributed by atoms with Crippen molar-refractivity contribution >= 4 is 33.5 Å². The van der Waals surface area contributed by atoms with Crippen molar-refractivity contribution in [1.82, 2.24) is 19.5 Å². The quantitative estimate of drug-likeness (QED) is 0.515. The van der Waals surface area contributed by atoms with E-state index in [0.29, 0.717) is 22.7 Å². The molecule has 1 aromatic carbocycles. The lowest BCUT2D eigenvalue weighted by Gasteiger charge is -2.22. The Hall–Kier alpha value is -3.56. The van der Waals surface area contributed by atoms with Crippen molar-refractivity contribution in [2.45, 2.75) is 31.8 Å². The molecule has 31 heavy (non-hydrogen) atoms. The summed E-state index contributed by atoms with van der Waals surface area (Å²) in [6, 6.07) is 10.9. The zero-order valence-corrected chi connectivity index (χ0v) is 17.0. The van der Waals surface area contributed by atoms with E-state index in [-0.39, 0.29) is 6.61 Å². The highest BCUT2D eigenvalue weighted by Crippen LogP contribution is 2.35. The molecule has 1 fully saturated rings. The van der Waals surface area contributed by atoms with Crippen LogP contribution in [0.15, 0.2) is 48.9 Å². The molecule has 9 heteroatoms. The largest absolute Gasteiger partial charge is 0.491 e. The number of ketones is 1. The van der Waals surface area contributed by atoms with E-state index in [1.54, 1.807) is 29.0 Å². The van der Waals surface area contributed by atoms with E-state index in [0.717, 1.165) is 16.5 Å². The van der Waals surface area contributed by atoms with Crippen molar-refractivity contribution in [3.8, 4) is 5.75 Å². The standard InChI is InChI=1S/C22H21N5O4/c1-12-15-7-8-27(20(15)25-11-24-12)21-19(28)22(2,29)17(31-21)10-30-14-5-3-13-4-6-18(23)26-16(13)9-14/h3-9,11,17,21,29H,10H2,1-2H3,(H2,23,26)/t17-,21-,22-/m1/s1. The summed E-state index contributed by atoms with van der Waals surface area (Å²) >= 11 is 0. The molecular formula is C22H21N5O4. The highest BCUT2D eigenvalue weighted by molar-refractivity contribution is 5.93. The van der Waals surface area contributed by atoms with Gasteiger partial charge in [-0.2, -0.15) is 0 Å². The molecule has 1 aliphatic heterocycles. The Kier molecular flexibility index (Phi) is 4.38. The van der Waals surface area contributed by atoms with Crippen LogP contribution in [0.4, 0.5) is 5.82 Å². The normalized spacial score (nSPS) is 23.6. The fourth-order valence-electron chi connectivity index (χ4n) is 3.81. The second-order valence-corrected chi connectivity index (χ2v) is 7.81. The summed E-state index contributed by atoms with van der Waals surface area (Å²) in [7, 11) is 0. The van der Waals surface area contributed by atoms with Crippen LogP contribution in [0.5, 0.6) is 5.75 Å². The molecular weight excluding hydrogens is 398 g/mol. The second kappa shape index (κ2) is 7.00. The van der Waals surface area contributed by atoms with E-state index in [1.807, 2.05) is 25.1 Å². The van der Waals surface area contributed by atoms with Crippen molar-refractivity contribution in [1.29, 1.82) is 0 Å². The Balaban J connectivity index is 1.39. The number of pyridine rings is 1. The van der Waals surface area contributed by atoms with Gasteiger partial charge in [-0.1, -0.05) is 0 Å². The smallest absolute Gasteiger partial charge is 0.216 e. The molecule has 4 heterocycles. The van der Waals surface area contributed by atoms with Crippen LogP contribution in [0.2, 0.25) is 0 Å². The first-order chi connectivity index (χ1) is 14.8. The Labute approximate surface area is 177 Å². The van der Waals surface area contributed by atoms with Gasteiger partial charge >= 0.3 is 0 Å². The third-order valence-corrected chi connectivity index (χ3v) is 5.69. The summed E-state index contributed by atoms with van der Waals surface area (Å²) in [4.78, 5) is 25.7. The molecule has 1 aliphatic rings. The van der Waals surface area contributed by atoms with Gasteiger partial charge in [0.2, 0.25) is 5.78 Å². The predicted octanol–water partition coefficient (Wildman–Crippen LogP) is 2.17. The first-order valence-corrected chi connectivity index (χ1v) is 9.84. The van der Waals surface area contributed by atoms with Crippen LogP contribution in [0.25, 0.3) is 21.9 Å². The summed E-state index contributed by atoms with van der Waals surface area (Å²) < 4.78 is 13.4. The van der Waals surface area contributed by atoms with Crippen LogP contribution in [0.3, 0.4) is 0 Å². The maximum absolute atomic E-state index is 13.0. The number of hydrogen-bond donors (Lipinski definition) is 2. The Morgan fingerprint density at radius 2 is 2.06 bits per heavy atom. The summed E-state index contributed by atoms with van der Waals surface area (Å²) in [6.45, 7) is 3.29. The fraction of sp³-hybridized carbons (Fsp3) is 0.273. The minimum atomic E-state index is -1.72. The molecule has 0 radical (unpaired) electrons. The molecule has 0 unspecified atom stereocenters. The highest BCUT2D eigenvalue weighted by atomic mass is 16.6. The van der Waals surface area contributed by atoms with Crippen molar-refractivity contribution in [2.75, 3.05) is 12.3 Å². The monoisotopic (exact) mass is 419 g/mol. The minimum absolute atomic E-state index is 0.0176. The van der Waals surface area contributed by atoms with E-state index < -0.39 is 23.7 Å². The number of aryl methyl sites for hydroxylation is 1. The van der Waals surface area contributed by atoms with Gasteiger partial charge in [-0.25, -0.2) is 15.0 Å². The van der Waals surface area contributed by atoms with Gasteiger partial charge in [0, 0.05) is 23.0 Å². The van der Waals surface area contributed by atoms with Gasteiger partial charge in [0.1, 0.15) is 36.3 Å². The topological polar surface area (TPSA) is 125 Å². The van der Waals surface area contributed by atoms with Crippen LogP contribution in [0, 0.1) is 6.92 Å². The molecule has 3 aromatic heterocycles. The fourth-order valence-corrected chi connectivity index (χ4v) is 3.81. The van der Waals surface area contributed by atoms with Gasteiger partial charge in [0.15, 0.2) is 11.8 Å². The lowest BCUT2D eigenvalue weighted by Crippen LogP contribution is -2.44. The first kappa shape index (κ1) is 19.4. The third-order valence-electron chi connectivity index (χ3n) is 5.69. The number of nitrogen functional groups attached to an aromatic ring is 1. The van der Waals surface area contributed by atoms with Gasteiger partial charge in [-0.15, -0.1) is 0 Å². The SMILES string of the molecule is Cc1ncnc2c1ccn2[C@@H]1O[C@H](COc2ccc3ccc(N)nc3c2)[C@@](C)(O)C1=O. The molecule has 3 atom stereocenters. The number of anilines is 1. The molecule has 9 nitrogen and oxygen atoms in total. The van der Waals surface area contributed by atoms with Crippen LogP contribution in [-0.4, -0.2) is 48.7 Å². The molecule has 0 spiro atoms. The minimum Gasteiger partial charge on any atom is -0.491 e. The van der Waals surface area contributed by atoms with Crippen molar-refractivity contribution in [2.24, 2.45) is 0 Å². The second-order valence-electron chi connectivity index (χ2n) is 7.81. The van der Waals surface area contributed by atoms with E-state index in [2.05, 4.69) is 15.0 Å². The zero-order valence-electron chi connectivity index (χ0n) is 17.0. The number of benzene rings is 1. The maximum atomic E-state index is 13.0. The van der Waals surface area contributed by atoms with Gasteiger partial charge in [0.05, 0.1) is 11.2 Å². The van der Waals surface area contributed by atoms with Gasteiger partial charge in [0.25, 0.3) is 0 Å². The number of aromatic nitrogens is 4. The molecule has 0 aliphatic carbocycles. The number of rotatable bonds is 4. The van der Waals surface area contributed by atoms with Crippen molar-refractivity contribution in [3.05, 3.63) is 54.6 Å². The maximum Gasteiger partial charge on any atom is 0.216 e. The molecule has 158 valence electrons. The van der Waals surface area contributed by atoms with Crippen LogP contribution in [0.1, 0.15) is 18.8 Å². The van der Waals surface area contributed by atoms with E-state index in [4.69, 9.17) is 15.2 Å². The van der Waals surface area contributed by atoms with Gasteiger partial charge in [-0.3, -0.25) is 9.36 Å². The number of nitrogens with zero attached hydrogens (tertiary/aromatic N) is 4. The molecule has 0 amide bonds. The summed E-state index contributed by atoms with van der Waals surface area (Å²) in [5.41, 5.74) is 6.10. The average molecular weight is 419 g/mol. The average Bonchev–Trinajstić information content (AvgIpc) is 3.26. The number of Topliss-reactive ketones (excluding diaryl/α,β-unsaturated/α-hetero) is 1. The number of ether oxygens (including phenoxy) is 2. The number of nitrogens with two attached hydrogens (primary N) is 1. The summed E-state index contributed by atoms with van der Waals surface area (Å²) in [5, 5.41) is 12.6. The van der Waals surface area contributed by atoms with E-state index in [9.17, 15) is 9.90 Å². The molecule has 0 saturated carbocycles. The summed E-state index contributed by atoms with van der Waals surface area (Å²) in [6.07, 6.45) is 1.28. The van der Waals surface area contributed by atoms with Crippen LogP contribution >= 0.6 is 0 Å². The van der Waals surface area contributed by atoms with Gasteiger partial charge in [-0.05, 0) is 44.2 Å². The number of aliphatic hydroxyl groups is 1. The lowest BCUT2D eigenvalue weighted by molar-refractivity contribution is -0.135. The summed E-state index contributed by atoms with van der Waals surface area (Å²) in [5.74, 6) is 0.497. The molecule has 1 saturated heterocycles. The molecule has 4 aromatic rings.